The van der Waals surface area contributed by atoms with Gasteiger partial charge >= 0.3 is 0 Å². The third-order valence-electron chi connectivity index (χ3n) is 5.05. The molecule has 2 aromatic rings. The predicted molar refractivity (Wildman–Crippen MR) is 112 cm³/mol. The molecule has 29 heavy (non-hydrogen) atoms. The highest BCUT2D eigenvalue weighted by molar-refractivity contribution is 7.80. The summed E-state index contributed by atoms with van der Waals surface area (Å²) in [5.74, 6) is 0. The molecule has 146 valence electrons. The van der Waals surface area contributed by atoms with Gasteiger partial charge in [0.2, 0.25) is 0 Å². The lowest BCUT2D eigenvalue weighted by molar-refractivity contribution is -0.385. The van der Waals surface area contributed by atoms with Crippen LogP contribution < -0.4 is 10.6 Å². The van der Waals surface area contributed by atoms with Gasteiger partial charge in [-0.2, -0.15) is 0 Å². The van der Waals surface area contributed by atoms with Gasteiger partial charge in [-0.1, -0.05) is 0 Å². The molecule has 4 rings (SSSR count). The van der Waals surface area contributed by atoms with E-state index in [1.165, 1.54) is 24.3 Å². The van der Waals surface area contributed by atoms with Gasteiger partial charge in [0, 0.05) is 30.0 Å². The van der Waals surface area contributed by atoms with Crippen molar-refractivity contribution in [3.8, 4) is 0 Å². The third kappa shape index (κ3) is 3.72. The molecule has 2 N–H and O–H groups in total. The summed E-state index contributed by atoms with van der Waals surface area (Å²) in [6.45, 7) is 0. The highest BCUT2D eigenvalue weighted by Crippen LogP contribution is 2.40. The van der Waals surface area contributed by atoms with Crippen molar-refractivity contribution in [1.29, 1.82) is 0 Å². The molecule has 9 heteroatoms. The largest absolute Gasteiger partial charge is 0.352 e. The van der Waals surface area contributed by atoms with Gasteiger partial charge in [0.1, 0.15) is 0 Å². The Labute approximate surface area is 171 Å². The summed E-state index contributed by atoms with van der Waals surface area (Å²) in [5, 5.41) is 28.7. The maximum absolute atomic E-state index is 10.9. The fraction of sp³-hybridized carbons (Fsp3) is 0.150. The first-order valence-corrected chi connectivity index (χ1v) is 9.33. The number of nitro benzene ring substituents is 2. The van der Waals surface area contributed by atoms with Gasteiger partial charge in [0.15, 0.2) is 5.11 Å². The fourth-order valence-corrected chi connectivity index (χ4v) is 3.87. The van der Waals surface area contributed by atoms with Crippen LogP contribution in [0.1, 0.15) is 30.0 Å². The monoisotopic (exact) mass is 408 g/mol. The molecule has 0 amide bonds. The maximum atomic E-state index is 10.9. The molecule has 1 atom stereocenters. The zero-order valence-corrected chi connectivity index (χ0v) is 15.9. The minimum Gasteiger partial charge on any atom is -0.352 e. The van der Waals surface area contributed by atoms with Crippen LogP contribution >= 0.6 is 12.2 Å². The van der Waals surface area contributed by atoms with E-state index in [4.69, 9.17) is 12.2 Å². The van der Waals surface area contributed by atoms with Gasteiger partial charge in [0.05, 0.1) is 15.9 Å². The van der Waals surface area contributed by atoms with Gasteiger partial charge in [-0.15, -0.1) is 0 Å². The minimum absolute atomic E-state index is 0.0460. The van der Waals surface area contributed by atoms with Gasteiger partial charge in [0.25, 0.3) is 11.4 Å². The highest BCUT2D eigenvalue weighted by Gasteiger charge is 2.32. The molecule has 0 bridgehead atoms. The van der Waals surface area contributed by atoms with E-state index in [2.05, 4.69) is 10.6 Å². The SMILES string of the molecule is O=[N+]([O-])c1ccc(/C=C2\CCC3=C2NC(=S)NC3c2ccc([N+](=O)[O-])cc2)cc1. The number of benzene rings is 2. The van der Waals surface area contributed by atoms with Crippen molar-refractivity contribution in [3.63, 3.8) is 0 Å². The second-order valence-electron chi connectivity index (χ2n) is 6.80. The van der Waals surface area contributed by atoms with Crippen LogP contribution in [-0.2, 0) is 0 Å². The number of allylic oxidation sites excluding steroid dienone is 1. The Morgan fingerprint density at radius 1 is 0.931 bits per heavy atom. The van der Waals surface area contributed by atoms with Crippen LogP contribution in [0.4, 0.5) is 11.4 Å². The lowest BCUT2D eigenvalue weighted by atomic mass is 9.96. The van der Waals surface area contributed by atoms with Crippen molar-refractivity contribution in [2.45, 2.75) is 18.9 Å². The van der Waals surface area contributed by atoms with E-state index in [-0.39, 0.29) is 17.4 Å². The topological polar surface area (TPSA) is 110 Å². The van der Waals surface area contributed by atoms with Gasteiger partial charge in [-0.3, -0.25) is 20.2 Å². The standard InChI is InChI=1S/C20H16N4O4S/c25-23(26)15-6-1-12(2-7-15)11-14-5-10-17-18(21-20(29)22-19(14)17)13-3-8-16(9-4-13)24(27)28/h1-4,6-9,11,18H,5,10H2,(H2,21,22,29)/b14-11+. The molecule has 1 heterocycles. The minimum atomic E-state index is -0.422. The van der Waals surface area contributed by atoms with Crippen LogP contribution in [0.3, 0.4) is 0 Å². The molecule has 0 aromatic heterocycles. The summed E-state index contributed by atoms with van der Waals surface area (Å²) in [5.41, 5.74) is 5.05. The summed E-state index contributed by atoms with van der Waals surface area (Å²) >= 11 is 5.37. The normalized spacial score (nSPS) is 19.5. The first-order valence-electron chi connectivity index (χ1n) is 8.92. The summed E-state index contributed by atoms with van der Waals surface area (Å²) in [6, 6.07) is 12.7. The molecular weight excluding hydrogens is 392 g/mol. The number of hydrogen-bond donors (Lipinski definition) is 2. The van der Waals surface area contributed by atoms with E-state index in [0.29, 0.717) is 5.11 Å². The lowest BCUT2D eigenvalue weighted by Gasteiger charge is -2.29. The Morgan fingerprint density at radius 2 is 1.52 bits per heavy atom. The van der Waals surface area contributed by atoms with E-state index < -0.39 is 9.85 Å². The third-order valence-corrected chi connectivity index (χ3v) is 5.27. The van der Waals surface area contributed by atoms with Crippen LogP contribution in [0, 0.1) is 20.2 Å². The molecule has 1 unspecified atom stereocenters. The first kappa shape index (κ1) is 18.8. The second-order valence-corrected chi connectivity index (χ2v) is 7.21. The number of nitro groups is 2. The molecule has 1 aliphatic carbocycles. The van der Waals surface area contributed by atoms with Gasteiger partial charge in [-0.05, 0) is 77.7 Å². The van der Waals surface area contributed by atoms with Crippen molar-refractivity contribution >= 4 is 34.8 Å². The van der Waals surface area contributed by atoms with Crippen molar-refractivity contribution in [2.75, 3.05) is 0 Å². The van der Waals surface area contributed by atoms with E-state index in [1.54, 1.807) is 24.3 Å². The van der Waals surface area contributed by atoms with Crippen molar-refractivity contribution in [1.82, 2.24) is 10.6 Å². The average Bonchev–Trinajstić information content (AvgIpc) is 3.10. The van der Waals surface area contributed by atoms with Gasteiger partial charge < -0.3 is 10.6 Å². The number of rotatable bonds is 4. The molecule has 0 fully saturated rings. The Bertz CT molecular complexity index is 1070. The zero-order valence-electron chi connectivity index (χ0n) is 15.1. The average molecular weight is 408 g/mol. The highest BCUT2D eigenvalue weighted by atomic mass is 32.1. The van der Waals surface area contributed by atoms with Crippen LogP contribution in [0.15, 0.2) is 65.4 Å². The Kier molecular flexibility index (Phi) is 4.81. The van der Waals surface area contributed by atoms with Crippen molar-refractivity contribution < 1.29 is 9.85 Å². The van der Waals surface area contributed by atoms with E-state index in [0.717, 1.165) is 40.8 Å². The second kappa shape index (κ2) is 7.44. The summed E-state index contributed by atoms with van der Waals surface area (Å²) < 4.78 is 0. The number of nitrogens with zero attached hydrogens (tertiary/aromatic N) is 2. The number of thiocarbonyl (C=S) groups is 1. The molecule has 0 radical (unpaired) electrons. The number of nitrogens with one attached hydrogen (secondary N) is 2. The molecule has 1 aliphatic heterocycles. The van der Waals surface area contributed by atoms with Crippen LogP contribution in [-0.4, -0.2) is 15.0 Å². The Balaban J connectivity index is 1.66. The molecule has 0 spiro atoms. The number of non-ortho nitro benzene ring substituents is 2. The predicted octanol–water partition coefficient (Wildman–Crippen LogP) is 4.15. The van der Waals surface area contributed by atoms with E-state index in [9.17, 15) is 20.2 Å². The summed E-state index contributed by atoms with van der Waals surface area (Å²) in [4.78, 5) is 20.9. The molecule has 2 aromatic carbocycles. The molecule has 0 saturated heterocycles. The Morgan fingerprint density at radius 3 is 2.10 bits per heavy atom. The Hall–Kier alpha value is -3.59. The molecular formula is C20H16N4O4S. The van der Waals surface area contributed by atoms with Crippen molar-refractivity contribution in [3.05, 3.63) is 96.7 Å². The van der Waals surface area contributed by atoms with Crippen LogP contribution in [0.5, 0.6) is 0 Å². The smallest absolute Gasteiger partial charge is 0.269 e. The van der Waals surface area contributed by atoms with Crippen LogP contribution in [0.25, 0.3) is 6.08 Å². The summed E-state index contributed by atoms with van der Waals surface area (Å²) in [6.07, 6.45) is 3.63. The van der Waals surface area contributed by atoms with Crippen LogP contribution in [0.2, 0.25) is 0 Å². The molecule has 0 saturated carbocycles. The lowest BCUT2D eigenvalue weighted by Crippen LogP contribution is -2.42. The van der Waals surface area contributed by atoms with E-state index >= 15 is 0 Å². The quantitative estimate of drug-likeness (QED) is 0.444. The van der Waals surface area contributed by atoms with Crippen molar-refractivity contribution in [2.24, 2.45) is 0 Å². The first-order chi connectivity index (χ1) is 13.9. The summed E-state index contributed by atoms with van der Waals surface area (Å²) in [7, 11) is 0. The fourth-order valence-electron chi connectivity index (χ4n) is 3.65. The molecule has 2 aliphatic rings. The van der Waals surface area contributed by atoms with E-state index in [1.807, 2.05) is 6.08 Å². The molecule has 8 nitrogen and oxygen atoms in total. The number of hydrogen-bond acceptors (Lipinski definition) is 5. The maximum Gasteiger partial charge on any atom is 0.269 e. The van der Waals surface area contributed by atoms with Gasteiger partial charge in [-0.25, -0.2) is 0 Å². The zero-order chi connectivity index (χ0) is 20.5.